The fourth-order valence-corrected chi connectivity index (χ4v) is 2.56. The molecule has 1 aromatic carbocycles. The van der Waals surface area contributed by atoms with E-state index in [1.165, 1.54) is 22.2 Å². The Balaban J connectivity index is 1.56. The van der Waals surface area contributed by atoms with Gasteiger partial charge in [-0.05, 0) is 24.1 Å². The summed E-state index contributed by atoms with van der Waals surface area (Å²) in [6.45, 7) is 0.542. The van der Waals surface area contributed by atoms with Crippen LogP contribution in [0.1, 0.15) is 15.4 Å². The molecule has 0 saturated carbocycles. The molecule has 6 nitrogen and oxygen atoms in total. The van der Waals surface area contributed by atoms with E-state index in [0.717, 1.165) is 12.0 Å². The van der Waals surface area contributed by atoms with E-state index < -0.39 is 0 Å². The molecule has 0 bridgehead atoms. The second-order valence-electron chi connectivity index (χ2n) is 4.10. The maximum absolute atomic E-state index is 11.9. The molecule has 0 fully saturated rings. The largest absolute Gasteiger partial charge is 0.350 e. The van der Waals surface area contributed by atoms with Gasteiger partial charge in [0.05, 0.1) is 0 Å². The van der Waals surface area contributed by atoms with Crippen molar-refractivity contribution >= 4 is 33.8 Å². The Morgan fingerprint density at radius 3 is 2.90 bits per heavy atom. The zero-order chi connectivity index (χ0) is 13.9. The van der Waals surface area contributed by atoms with Gasteiger partial charge in [-0.25, -0.2) is 0 Å². The van der Waals surface area contributed by atoms with Crippen LogP contribution in [0.2, 0.25) is 5.02 Å². The molecule has 0 aliphatic carbocycles. The predicted molar refractivity (Wildman–Crippen MR) is 76.1 cm³/mol. The molecular formula is C12H10ClN5OS. The molecule has 0 aliphatic heterocycles. The lowest BCUT2D eigenvalue weighted by atomic mass is 10.1. The van der Waals surface area contributed by atoms with Crippen LogP contribution in [0.15, 0.2) is 30.6 Å². The number of fused-ring (bicyclic) bond motifs is 1. The highest BCUT2D eigenvalue weighted by atomic mass is 35.5. The first-order valence-corrected chi connectivity index (χ1v) is 7.11. The number of rotatable bonds is 4. The number of nitrogens with zero attached hydrogens (tertiary/aromatic N) is 4. The number of nitrogens with one attached hydrogen (secondary N) is 1. The highest BCUT2D eigenvalue weighted by molar-refractivity contribution is 7.18. The normalized spacial score (nSPS) is 10.8. The SMILES string of the molecule is O=C(NCCc1ccc(Cl)cc1)c1nn2cnnc2s1. The molecule has 3 aromatic rings. The lowest BCUT2D eigenvalue weighted by Crippen LogP contribution is -2.25. The second kappa shape index (κ2) is 5.56. The molecule has 0 unspecified atom stereocenters. The molecular weight excluding hydrogens is 298 g/mol. The van der Waals surface area contributed by atoms with Gasteiger partial charge in [0.15, 0.2) is 0 Å². The number of carbonyl (C=O) groups is 1. The third-order valence-corrected chi connectivity index (χ3v) is 3.86. The molecule has 102 valence electrons. The van der Waals surface area contributed by atoms with E-state index >= 15 is 0 Å². The molecule has 0 saturated heterocycles. The van der Waals surface area contributed by atoms with Gasteiger partial charge in [0, 0.05) is 11.6 Å². The van der Waals surface area contributed by atoms with E-state index in [1.807, 2.05) is 24.3 Å². The standard InChI is InChI=1S/C12H10ClN5OS/c13-9-3-1-8(2-4-9)5-6-14-10(19)11-17-18-7-15-16-12(18)20-11/h1-4,7H,5-6H2,(H,14,19). The van der Waals surface area contributed by atoms with Crippen molar-refractivity contribution in [2.75, 3.05) is 6.54 Å². The Morgan fingerprint density at radius 1 is 1.35 bits per heavy atom. The van der Waals surface area contributed by atoms with Crippen LogP contribution < -0.4 is 5.32 Å². The van der Waals surface area contributed by atoms with Crippen LogP contribution >= 0.6 is 22.9 Å². The summed E-state index contributed by atoms with van der Waals surface area (Å²) in [6.07, 6.45) is 2.21. The maximum atomic E-state index is 11.9. The van der Waals surface area contributed by atoms with Crippen molar-refractivity contribution in [1.29, 1.82) is 0 Å². The van der Waals surface area contributed by atoms with Gasteiger partial charge >= 0.3 is 0 Å². The molecule has 8 heteroatoms. The summed E-state index contributed by atoms with van der Waals surface area (Å²) in [5.74, 6) is -0.200. The van der Waals surface area contributed by atoms with Gasteiger partial charge in [0.2, 0.25) is 9.97 Å². The summed E-state index contributed by atoms with van der Waals surface area (Å²) < 4.78 is 1.48. The quantitative estimate of drug-likeness (QED) is 0.798. The molecule has 2 aromatic heterocycles. The van der Waals surface area contributed by atoms with E-state index in [1.54, 1.807) is 0 Å². The first-order valence-electron chi connectivity index (χ1n) is 5.92. The molecule has 0 spiro atoms. The third-order valence-electron chi connectivity index (χ3n) is 2.69. The van der Waals surface area contributed by atoms with Crippen LogP contribution in [0.4, 0.5) is 0 Å². The number of hydrogen-bond acceptors (Lipinski definition) is 5. The minimum atomic E-state index is -0.200. The molecule has 20 heavy (non-hydrogen) atoms. The van der Waals surface area contributed by atoms with Gasteiger partial charge in [-0.2, -0.15) is 4.52 Å². The lowest BCUT2D eigenvalue weighted by Gasteiger charge is -2.03. The summed E-state index contributed by atoms with van der Waals surface area (Å²) in [5, 5.41) is 15.5. The van der Waals surface area contributed by atoms with Crippen LogP contribution in [0.3, 0.4) is 0 Å². The highest BCUT2D eigenvalue weighted by Crippen LogP contribution is 2.12. The molecule has 0 aliphatic rings. The molecule has 3 rings (SSSR count). The van der Waals surface area contributed by atoms with Crippen molar-refractivity contribution in [2.24, 2.45) is 0 Å². The molecule has 1 amide bonds. The minimum Gasteiger partial charge on any atom is -0.350 e. The summed E-state index contributed by atoms with van der Waals surface area (Å²) >= 11 is 7.02. The Kier molecular flexibility index (Phi) is 3.62. The van der Waals surface area contributed by atoms with Gasteiger partial charge in [0.1, 0.15) is 6.33 Å². The van der Waals surface area contributed by atoms with Gasteiger partial charge in [-0.3, -0.25) is 4.79 Å². The number of amides is 1. The van der Waals surface area contributed by atoms with Crippen molar-refractivity contribution in [3.05, 3.63) is 46.2 Å². The predicted octanol–water partition coefficient (Wildman–Crippen LogP) is 1.81. The molecule has 1 N–H and O–H groups in total. The van der Waals surface area contributed by atoms with Gasteiger partial charge < -0.3 is 5.32 Å². The second-order valence-corrected chi connectivity index (χ2v) is 5.49. The topological polar surface area (TPSA) is 72.2 Å². The Morgan fingerprint density at radius 2 is 2.15 bits per heavy atom. The van der Waals surface area contributed by atoms with Crippen molar-refractivity contribution < 1.29 is 4.79 Å². The van der Waals surface area contributed by atoms with E-state index in [9.17, 15) is 4.79 Å². The van der Waals surface area contributed by atoms with Crippen LogP contribution in [-0.2, 0) is 6.42 Å². The van der Waals surface area contributed by atoms with Gasteiger partial charge in [-0.1, -0.05) is 35.1 Å². The monoisotopic (exact) mass is 307 g/mol. The number of aromatic nitrogens is 4. The van der Waals surface area contributed by atoms with Crippen LogP contribution in [0.5, 0.6) is 0 Å². The Hall–Kier alpha value is -1.99. The van der Waals surface area contributed by atoms with Gasteiger partial charge in [0.25, 0.3) is 5.91 Å². The number of hydrogen-bond donors (Lipinski definition) is 1. The number of carbonyl (C=O) groups excluding carboxylic acids is 1. The average Bonchev–Trinajstić information content (AvgIpc) is 3.02. The van der Waals surface area contributed by atoms with Crippen LogP contribution in [0, 0.1) is 0 Å². The van der Waals surface area contributed by atoms with E-state index in [2.05, 4.69) is 20.6 Å². The first-order chi connectivity index (χ1) is 9.72. The van der Waals surface area contributed by atoms with E-state index in [0.29, 0.717) is 21.5 Å². The van der Waals surface area contributed by atoms with Crippen molar-refractivity contribution in [3.63, 3.8) is 0 Å². The average molecular weight is 308 g/mol. The van der Waals surface area contributed by atoms with Crippen LogP contribution in [-0.4, -0.2) is 32.3 Å². The Labute approximate surface area is 123 Å². The smallest absolute Gasteiger partial charge is 0.282 e. The highest BCUT2D eigenvalue weighted by Gasteiger charge is 2.12. The number of benzene rings is 1. The molecule has 2 heterocycles. The zero-order valence-electron chi connectivity index (χ0n) is 10.3. The fourth-order valence-electron chi connectivity index (χ4n) is 1.70. The summed E-state index contributed by atoms with van der Waals surface area (Å²) in [6, 6.07) is 7.55. The lowest BCUT2D eigenvalue weighted by molar-refractivity contribution is 0.0952. The zero-order valence-corrected chi connectivity index (χ0v) is 11.9. The molecule has 0 atom stereocenters. The van der Waals surface area contributed by atoms with Gasteiger partial charge in [-0.15, -0.1) is 15.3 Å². The summed E-state index contributed by atoms with van der Waals surface area (Å²) in [7, 11) is 0. The maximum Gasteiger partial charge on any atom is 0.282 e. The fraction of sp³-hybridized carbons (Fsp3) is 0.167. The summed E-state index contributed by atoms with van der Waals surface area (Å²) in [5.41, 5.74) is 1.12. The number of halogens is 1. The minimum absolute atomic E-state index is 0.200. The van der Waals surface area contributed by atoms with E-state index in [-0.39, 0.29) is 5.91 Å². The van der Waals surface area contributed by atoms with Crippen molar-refractivity contribution in [3.8, 4) is 0 Å². The first kappa shape index (κ1) is 13.0. The Bertz CT molecular complexity index is 707. The molecule has 0 radical (unpaired) electrons. The summed E-state index contributed by atoms with van der Waals surface area (Å²) in [4.78, 5) is 12.5. The van der Waals surface area contributed by atoms with E-state index in [4.69, 9.17) is 11.6 Å². The van der Waals surface area contributed by atoms with Crippen LogP contribution in [0.25, 0.3) is 4.96 Å². The third kappa shape index (κ3) is 2.78. The van der Waals surface area contributed by atoms with Crippen molar-refractivity contribution in [1.82, 2.24) is 25.1 Å². The van der Waals surface area contributed by atoms with Crippen molar-refractivity contribution in [2.45, 2.75) is 6.42 Å².